The van der Waals surface area contributed by atoms with Crippen molar-refractivity contribution in [2.24, 2.45) is 0 Å². The van der Waals surface area contributed by atoms with Gasteiger partial charge in [-0.3, -0.25) is 4.79 Å². The molecule has 6 heteroatoms. The second-order valence-electron chi connectivity index (χ2n) is 4.57. The fourth-order valence-electron chi connectivity index (χ4n) is 2.04. The van der Waals surface area contributed by atoms with E-state index in [2.05, 4.69) is 5.32 Å². The Kier molecular flexibility index (Phi) is 5.95. The Morgan fingerprint density at radius 1 is 1.05 bits per heavy atom. The van der Waals surface area contributed by atoms with Crippen LogP contribution in [0.3, 0.4) is 0 Å². The molecule has 0 atom stereocenters. The molecule has 0 aliphatic rings. The van der Waals surface area contributed by atoms with Crippen molar-refractivity contribution < 1.29 is 4.79 Å². The highest BCUT2D eigenvalue weighted by atomic mass is 35.5. The van der Waals surface area contributed by atoms with Crippen molar-refractivity contribution in [2.45, 2.75) is 6.92 Å². The molecule has 0 aliphatic carbocycles. The summed E-state index contributed by atoms with van der Waals surface area (Å²) in [5.74, 6) is -0.0594. The van der Waals surface area contributed by atoms with Crippen molar-refractivity contribution in [3.8, 4) is 0 Å². The highest BCUT2D eigenvalue weighted by Gasteiger charge is 2.14. The molecule has 0 bridgehead atoms. The van der Waals surface area contributed by atoms with Crippen LogP contribution in [-0.4, -0.2) is 19.0 Å². The molecule has 0 unspecified atom stereocenters. The molecule has 116 valence electrons. The molecule has 2 aromatic carbocycles. The van der Waals surface area contributed by atoms with Gasteiger partial charge in [-0.1, -0.05) is 53.0 Å². The third kappa shape index (κ3) is 4.07. The maximum absolute atomic E-state index is 12.4. The van der Waals surface area contributed by atoms with Gasteiger partial charge in [0.2, 0.25) is 5.91 Å². The SMILES string of the molecule is CCN(C(=O)CNc1cc(Cl)c(Cl)cc1Cl)c1ccccc1. The smallest absolute Gasteiger partial charge is 0.246 e. The Labute approximate surface area is 144 Å². The first-order valence-corrected chi connectivity index (χ1v) is 7.90. The molecule has 0 saturated carbocycles. The maximum Gasteiger partial charge on any atom is 0.246 e. The van der Waals surface area contributed by atoms with Crippen LogP contribution in [0, 0.1) is 0 Å². The lowest BCUT2D eigenvalue weighted by Gasteiger charge is -2.21. The van der Waals surface area contributed by atoms with Crippen molar-refractivity contribution in [3.05, 3.63) is 57.5 Å². The lowest BCUT2D eigenvalue weighted by Crippen LogP contribution is -2.35. The van der Waals surface area contributed by atoms with Gasteiger partial charge in [-0.15, -0.1) is 0 Å². The van der Waals surface area contributed by atoms with E-state index in [-0.39, 0.29) is 12.5 Å². The molecular formula is C16H15Cl3N2O. The van der Waals surface area contributed by atoms with Crippen LogP contribution < -0.4 is 10.2 Å². The van der Waals surface area contributed by atoms with Gasteiger partial charge in [0.05, 0.1) is 27.3 Å². The van der Waals surface area contributed by atoms with Crippen LogP contribution in [0.15, 0.2) is 42.5 Å². The molecule has 0 fully saturated rings. The minimum atomic E-state index is -0.0594. The predicted octanol–water partition coefficient (Wildman–Crippen LogP) is 5.11. The fraction of sp³-hybridized carbons (Fsp3) is 0.188. The Balaban J connectivity index is 2.07. The second-order valence-corrected chi connectivity index (χ2v) is 5.79. The summed E-state index contributed by atoms with van der Waals surface area (Å²) < 4.78 is 0. The summed E-state index contributed by atoms with van der Waals surface area (Å²) in [5, 5.41) is 4.18. The van der Waals surface area contributed by atoms with E-state index in [9.17, 15) is 4.79 Å². The molecule has 22 heavy (non-hydrogen) atoms. The van der Waals surface area contributed by atoms with Crippen molar-refractivity contribution >= 4 is 52.1 Å². The number of nitrogens with zero attached hydrogens (tertiary/aromatic N) is 1. The van der Waals surface area contributed by atoms with E-state index in [0.717, 1.165) is 5.69 Å². The molecule has 0 radical (unpaired) electrons. The van der Waals surface area contributed by atoms with Gasteiger partial charge in [0.1, 0.15) is 0 Å². The average molecular weight is 358 g/mol. The Bertz CT molecular complexity index is 662. The first-order chi connectivity index (χ1) is 10.5. The quantitative estimate of drug-likeness (QED) is 0.754. The van der Waals surface area contributed by atoms with E-state index in [1.807, 2.05) is 37.3 Å². The number of rotatable bonds is 5. The number of likely N-dealkylation sites (N-methyl/N-ethyl adjacent to an activating group) is 1. The van der Waals surface area contributed by atoms with Crippen LogP contribution in [0.4, 0.5) is 11.4 Å². The molecule has 0 saturated heterocycles. The van der Waals surface area contributed by atoms with E-state index < -0.39 is 0 Å². The van der Waals surface area contributed by atoms with Crippen LogP contribution in [-0.2, 0) is 4.79 Å². The highest BCUT2D eigenvalue weighted by Crippen LogP contribution is 2.32. The fourth-order valence-corrected chi connectivity index (χ4v) is 2.65. The van der Waals surface area contributed by atoms with Gasteiger partial charge >= 0.3 is 0 Å². The van der Waals surface area contributed by atoms with Crippen molar-refractivity contribution in [1.29, 1.82) is 0 Å². The number of amides is 1. The molecule has 1 amide bonds. The Hall–Kier alpha value is -1.42. The largest absolute Gasteiger partial charge is 0.375 e. The molecule has 0 heterocycles. The lowest BCUT2D eigenvalue weighted by molar-refractivity contribution is -0.116. The van der Waals surface area contributed by atoms with Crippen molar-refractivity contribution in [3.63, 3.8) is 0 Å². The van der Waals surface area contributed by atoms with Gasteiger partial charge in [0.25, 0.3) is 0 Å². The normalized spacial score (nSPS) is 10.4. The number of halogens is 3. The first kappa shape index (κ1) is 16.9. The summed E-state index contributed by atoms with van der Waals surface area (Å²) in [6.45, 7) is 2.62. The molecule has 2 rings (SSSR count). The molecule has 3 nitrogen and oxygen atoms in total. The van der Waals surface area contributed by atoms with Gasteiger partial charge in [0.15, 0.2) is 0 Å². The second kappa shape index (κ2) is 7.73. The number of hydrogen-bond donors (Lipinski definition) is 1. The van der Waals surface area contributed by atoms with E-state index in [1.165, 1.54) is 0 Å². The molecular weight excluding hydrogens is 343 g/mol. The van der Waals surface area contributed by atoms with E-state index >= 15 is 0 Å². The Morgan fingerprint density at radius 3 is 2.32 bits per heavy atom. The summed E-state index contributed by atoms with van der Waals surface area (Å²) in [6, 6.07) is 12.7. The van der Waals surface area contributed by atoms with Crippen LogP contribution in [0.2, 0.25) is 15.1 Å². The summed E-state index contributed by atoms with van der Waals surface area (Å²) in [6.07, 6.45) is 0. The number of carbonyl (C=O) groups is 1. The minimum Gasteiger partial charge on any atom is -0.375 e. The van der Waals surface area contributed by atoms with Gasteiger partial charge < -0.3 is 10.2 Å². The first-order valence-electron chi connectivity index (χ1n) is 6.76. The number of carbonyl (C=O) groups excluding carboxylic acids is 1. The van der Waals surface area contributed by atoms with Gasteiger partial charge in [0, 0.05) is 12.2 Å². The van der Waals surface area contributed by atoms with Crippen LogP contribution in [0.5, 0.6) is 0 Å². The van der Waals surface area contributed by atoms with E-state index in [1.54, 1.807) is 17.0 Å². The molecule has 0 spiro atoms. The monoisotopic (exact) mass is 356 g/mol. The van der Waals surface area contributed by atoms with Crippen LogP contribution in [0.1, 0.15) is 6.92 Å². The number of para-hydroxylation sites is 1. The zero-order chi connectivity index (χ0) is 16.1. The summed E-state index contributed by atoms with van der Waals surface area (Å²) >= 11 is 17.9. The van der Waals surface area contributed by atoms with Crippen molar-refractivity contribution in [1.82, 2.24) is 0 Å². The standard InChI is InChI=1S/C16H15Cl3N2O/c1-2-21(11-6-4-3-5-7-11)16(22)10-20-15-9-13(18)12(17)8-14(15)19/h3-9,20H,2,10H2,1H3. The van der Waals surface area contributed by atoms with E-state index in [0.29, 0.717) is 27.3 Å². The van der Waals surface area contributed by atoms with Gasteiger partial charge in [-0.05, 0) is 31.2 Å². The third-order valence-corrected chi connectivity index (χ3v) is 4.16. The maximum atomic E-state index is 12.4. The topological polar surface area (TPSA) is 32.3 Å². The van der Waals surface area contributed by atoms with Crippen molar-refractivity contribution in [2.75, 3.05) is 23.3 Å². The summed E-state index contributed by atoms with van der Waals surface area (Å²) in [5.41, 5.74) is 1.44. The zero-order valence-corrected chi connectivity index (χ0v) is 14.2. The van der Waals surface area contributed by atoms with Gasteiger partial charge in [-0.2, -0.15) is 0 Å². The number of nitrogens with one attached hydrogen (secondary N) is 1. The summed E-state index contributed by atoms with van der Waals surface area (Å²) in [7, 11) is 0. The minimum absolute atomic E-state index is 0.0594. The number of hydrogen-bond acceptors (Lipinski definition) is 2. The molecule has 2 aromatic rings. The number of benzene rings is 2. The molecule has 1 N–H and O–H groups in total. The van der Waals surface area contributed by atoms with Gasteiger partial charge in [-0.25, -0.2) is 0 Å². The average Bonchev–Trinajstić information content (AvgIpc) is 2.51. The van der Waals surface area contributed by atoms with Crippen LogP contribution >= 0.6 is 34.8 Å². The molecule has 0 aliphatic heterocycles. The van der Waals surface area contributed by atoms with E-state index in [4.69, 9.17) is 34.8 Å². The lowest BCUT2D eigenvalue weighted by atomic mass is 10.2. The third-order valence-electron chi connectivity index (χ3n) is 3.13. The molecule has 0 aromatic heterocycles. The number of anilines is 2. The van der Waals surface area contributed by atoms with Crippen LogP contribution in [0.25, 0.3) is 0 Å². The highest BCUT2D eigenvalue weighted by molar-refractivity contribution is 6.44. The Morgan fingerprint density at radius 2 is 1.68 bits per heavy atom. The zero-order valence-electron chi connectivity index (χ0n) is 11.9. The predicted molar refractivity (Wildman–Crippen MR) is 94.4 cm³/mol. The summed E-state index contributed by atoms with van der Waals surface area (Å²) in [4.78, 5) is 14.1.